The molecule has 0 spiro atoms. The minimum Gasteiger partial charge on any atom is -0.496 e. The van der Waals surface area contributed by atoms with Crippen molar-refractivity contribution in [2.45, 2.75) is 13.8 Å². The number of fused-ring (bicyclic) bond motifs is 1. The molecule has 6 heteroatoms. The molecule has 0 aliphatic heterocycles. The molecule has 0 fully saturated rings. The Balaban J connectivity index is 1.96. The minimum atomic E-state index is -0.223. The van der Waals surface area contributed by atoms with Crippen molar-refractivity contribution in [2.24, 2.45) is 5.73 Å². The first-order valence-electron chi connectivity index (χ1n) is 8.45. The molecule has 0 heterocycles. The van der Waals surface area contributed by atoms with Crippen molar-refractivity contribution < 1.29 is 9.53 Å². The highest BCUT2D eigenvalue weighted by Gasteiger charge is 2.16. The molecule has 4 N–H and O–H groups in total. The van der Waals surface area contributed by atoms with Crippen LogP contribution < -0.4 is 21.1 Å². The van der Waals surface area contributed by atoms with Gasteiger partial charge in [0.1, 0.15) is 5.75 Å². The van der Waals surface area contributed by atoms with E-state index in [4.69, 9.17) is 22.7 Å². The van der Waals surface area contributed by atoms with Crippen molar-refractivity contribution in [1.29, 1.82) is 0 Å². The van der Waals surface area contributed by atoms with Gasteiger partial charge in [0, 0.05) is 11.4 Å². The Morgan fingerprint density at radius 2 is 1.59 bits per heavy atom. The van der Waals surface area contributed by atoms with Gasteiger partial charge in [-0.2, -0.15) is 0 Å². The monoisotopic (exact) mass is 379 g/mol. The molecule has 0 aliphatic rings. The molecule has 27 heavy (non-hydrogen) atoms. The first kappa shape index (κ1) is 18.7. The van der Waals surface area contributed by atoms with Crippen LogP contribution in [0.15, 0.2) is 48.5 Å². The molecule has 0 unspecified atom stereocenters. The van der Waals surface area contributed by atoms with Gasteiger partial charge in [-0.3, -0.25) is 4.79 Å². The fourth-order valence-electron chi connectivity index (χ4n) is 3.12. The van der Waals surface area contributed by atoms with Gasteiger partial charge in [0.05, 0.1) is 12.7 Å². The Labute approximate surface area is 163 Å². The second-order valence-corrected chi connectivity index (χ2v) is 6.77. The third-order valence-corrected chi connectivity index (χ3v) is 4.45. The van der Waals surface area contributed by atoms with Crippen molar-refractivity contribution in [1.82, 2.24) is 0 Å². The average molecular weight is 379 g/mol. The van der Waals surface area contributed by atoms with E-state index in [0.717, 1.165) is 33.3 Å². The number of thiocarbonyl (C=S) groups is 1. The van der Waals surface area contributed by atoms with Gasteiger partial charge < -0.3 is 21.1 Å². The number of nitrogens with one attached hydrogen (secondary N) is 2. The van der Waals surface area contributed by atoms with Gasteiger partial charge in [0.15, 0.2) is 5.11 Å². The lowest BCUT2D eigenvalue weighted by atomic mass is 10.0. The molecule has 0 atom stereocenters. The summed E-state index contributed by atoms with van der Waals surface area (Å²) in [5.74, 6) is 0.312. The Hall–Kier alpha value is -3.12. The van der Waals surface area contributed by atoms with Crippen LogP contribution in [0, 0.1) is 13.8 Å². The first-order valence-corrected chi connectivity index (χ1v) is 8.85. The quantitative estimate of drug-likeness (QED) is 0.587. The lowest BCUT2D eigenvalue weighted by molar-refractivity contribution is 0.102. The van der Waals surface area contributed by atoms with Gasteiger partial charge in [-0.25, -0.2) is 0 Å². The summed E-state index contributed by atoms with van der Waals surface area (Å²) in [6, 6.07) is 15.4. The van der Waals surface area contributed by atoms with Gasteiger partial charge in [-0.05, 0) is 72.2 Å². The number of methoxy groups -OCH3 is 1. The molecule has 1 amide bonds. The Bertz CT molecular complexity index is 1020. The van der Waals surface area contributed by atoms with Crippen LogP contribution in [0.3, 0.4) is 0 Å². The van der Waals surface area contributed by atoms with E-state index >= 15 is 0 Å². The van der Waals surface area contributed by atoms with Crippen LogP contribution in [0.2, 0.25) is 0 Å². The predicted octanol–water partition coefficient (Wildman–Crippen LogP) is 4.37. The zero-order valence-electron chi connectivity index (χ0n) is 15.4. The van der Waals surface area contributed by atoms with Crippen molar-refractivity contribution in [2.75, 3.05) is 17.7 Å². The number of hydrogen-bond acceptors (Lipinski definition) is 3. The minimum absolute atomic E-state index is 0.200. The van der Waals surface area contributed by atoms with E-state index in [1.54, 1.807) is 7.11 Å². The van der Waals surface area contributed by atoms with Crippen molar-refractivity contribution >= 4 is 45.4 Å². The second kappa shape index (κ2) is 7.63. The molecule has 5 nitrogen and oxygen atoms in total. The number of carbonyl (C=O) groups excluding carboxylic acids is 1. The molecule has 0 aliphatic carbocycles. The van der Waals surface area contributed by atoms with Crippen LogP contribution in [0.25, 0.3) is 10.8 Å². The first-order chi connectivity index (χ1) is 12.9. The highest BCUT2D eigenvalue weighted by atomic mass is 32.1. The third kappa shape index (κ3) is 4.01. The van der Waals surface area contributed by atoms with Crippen LogP contribution in [0.5, 0.6) is 5.75 Å². The predicted molar refractivity (Wildman–Crippen MR) is 115 cm³/mol. The summed E-state index contributed by atoms with van der Waals surface area (Å²) >= 11 is 4.88. The summed E-state index contributed by atoms with van der Waals surface area (Å²) in [6.07, 6.45) is 0. The van der Waals surface area contributed by atoms with Gasteiger partial charge in [-0.1, -0.05) is 24.3 Å². The van der Waals surface area contributed by atoms with Gasteiger partial charge in [-0.15, -0.1) is 0 Å². The van der Waals surface area contributed by atoms with E-state index in [2.05, 4.69) is 10.6 Å². The molecular formula is C21H21N3O2S. The molecule has 3 aromatic rings. The lowest BCUT2D eigenvalue weighted by Gasteiger charge is -2.16. The number of ether oxygens (including phenoxy) is 1. The van der Waals surface area contributed by atoms with E-state index in [9.17, 15) is 4.79 Å². The maximum Gasteiger partial charge on any atom is 0.259 e. The van der Waals surface area contributed by atoms with Crippen molar-refractivity contribution in [3.63, 3.8) is 0 Å². The number of amides is 1. The lowest BCUT2D eigenvalue weighted by Crippen LogP contribution is -2.19. The largest absolute Gasteiger partial charge is 0.496 e. The fourth-order valence-corrected chi connectivity index (χ4v) is 3.24. The maximum absolute atomic E-state index is 13.0. The van der Waals surface area contributed by atoms with Gasteiger partial charge in [0.25, 0.3) is 5.91 Å². The fraction of sp³-hybridized carbons (Fsp3) is 0.143. The van der Waals surface area contributed by atoms with Gasteiger partial charge >= 0.3 is 0 Å². The Morgan fingerprint density at radius 3 is 2.15 bits per heavy atom. The Kier molecular flexibility index (Phi) is 5.28. The van der Waals surface area contributed by atoms with Crippen LogP contribution >= 0.6 is 12.2 Å². The van der Waals surface area contributed by atoms with Crippen LogP contribution in [-0.4, -0.2) is 18.1 Å². The molecule has 0 bridgehead atoms. The third-order valence-electron chi connectivity index (χ3n) is 4.35. The van der Waals surface area contributed by atoms with E-state index in [0.29, 0.717) is 11.3 Å². The molecule has 0 saturated heterocycles. The molecular weight excluding hydrogens is 358 g/mol. The average Bonchev–Trinajstić information content (AvgIpc) is 2.62. The summed E-state index contributed by atoms with van der Waals surface area (Å²) < 4.78 is 5.44. The van der Waals surface area contributed by atoms with Crippen LogP contribution in [0.4, 0.5) is 11.4 Å². The van der Waals surface area contributed by atoms with E-state index < -0.39 is 0 Å². The summed E-state index contributed by atoms with van der Waals surface area (Å²) in [5, 5.41) is 8.12. The SMILES string of the molecule is COc1cc2ccccc2cc1C(=O)Nc1c(C)cc(NC(N)=S)cc1C. The number of anilines is 2. The summed E-state index contributed by atoms with van der Waals surface area (Å²) in [7, 11) is 1.56. The summed E-state index contributed by atoms with van der Waals surface area (Å²) in [6.45, 7) is 3.84. The number of aryl methyl sites for hydroxylation is 2. The van der Waals surface area contributed by atoms with Gasteiger partial charge in [0.2, 0.25) is 0 Å². The number of rotatable bonds is 4. The zero-order valence-corrected chi connectivity index (χ0v) is 16.2. The van der Waals surface area contributed by atoms with E-state index in [1.165, 1.54) is 0 Å². The summed E-state index contributed by atoms with van der Waals surface area (Å²) in [5.41, 5.74) is 9.37. The molecule has 0 saturated carbocycles. The zero-order chi connectivity index (χ0) is 19.6. The molecule has 138 valence electrons. The highest BCUT2D eigenvalue weighted by Crippen LogP contribution is 2.29. The van der Waals surface area contributed by atoms with Crippen molar-refractivity contribution in [3.8, 4) is 5.75 Å². The topological polar surface area (TPSA) is 76.4 Å². The van der Waals surface area contributed by atoms with Crippen LogP contribution in [-0.2, 0) is 0 Å². The standard InChI is InChI=1S/C21H21N3O2S/c1-12-8-16(23-21(22)27)9-13(2)19(12)24-20(25)17-10-14-6-4-5-7-15(14)11-18(17)26-3/h4-11H,1-3H3,(H,24,25)(H3,22,23,27). The van der Waals surface area contributed by atoms with Crippen LogP contribution in [0.1, 0.15) is 21.5 Å². The number of carbonyl (C=O) groups is 1. The highest BCUT2D eigenvalue weighted by molar-refractivity contribution is 7.80. The number of hydrogen-bond donors (Lipinski definition) is 3. The van der Waals surface area contributed by atoms with Crippen molar-refractivity contribution in [3.05, 3.63) is 65.2 Å². The summed E-state index contributed by atoms with van der Waals surface area (Å²) in [4.78, 5) is 13.0. The number of nitrogens with two attached hydrogens (primary N) is 1. The smallest absolute Gasteiger partial charge is 0.259 e. The normalized spacial score (nSPS) is 10.5. The number of benzene rings is 3. The maximum atomic E-state index is 13.0. The molecule has 3 rings (SSSR count). The molecule has 0 radical (unpaired) electrons. The van der Waals surface area contributed by atoms with E-state index in [-0.39, 0.29) is 11.0 Å². The second-order valence-electron chi connectivity index (χ2n) is 6.33. The Morgan fingerprint density at radius 1 is 1.00 bits per heavy atom. The molecule has 3 aromatic carbocycles. The molecule has 0 aromatic heterocycles. The van der Waals surface area contributed by atoms with E-state index in [1.807, 2.05) is 62.4 Å².